The monoisotopic (exact) mass is 379 g/mol. The normalized spacial score (nSPS) is 39.0. The van der Waals surface area contributed by atoms with Gasteiger partial charge in [0.05, 0.1) is 18.7 Å². The lowest BCUT2D eigenvalue weighted by atomic mass is 9.63. The van der Waals surface area contributed by atoms with Gasteiger partial charge in [-0.05, 0) is 42.4 Å². The number of nitrogens with zero attached hydrogens (tertiary/aromatic N) is 3. The molecule has 3 aliphatic rings. The van der Waals surface area contributed by atoms with Crippen LogP contribution < -0.4 is 0 Å². The van der Waals surface area contributed by atoms with Crippen LogP contribution in [0.2, 0.25) is 0 Å². The molecule has 1 N–H and O–H groups in total. The Morgan fingerprint density at radius 3 is 2.67 bits per heavy atom. The number of aliphatic hydroxyl groups excluding tert-OH is 1. The minimum Gasteiger partial charge on any atom is -0.392 e. The highest BCUT2D eigenvalue weighted by molar-refractivity contribution is 5.77. The van der Waals surface area contributed by atoms with Gasteiger partial charge in [-0.25, -0.2) is 4.39 Å². The van der Waals surface area contributed by atoms with Gasteiger partial charge >= 0.3 is 0 Å². The number of likely N-dealkylation sites (tertiary alicyclic amines) is 2. The largest absolute Gasteiger partial charge is 0.392 e. The van der Waals surface area contributed by atoms with Crippen LogP contribution in [0.1, 0.15) is 59.3 Å². The second-order valence-corrected chi connectivity index (χ2v) is 9.74. The fourth-order valence-electron chi connectivity index (χ4n) is 5.43. The van der Waals surface area contributed by atoms with E-state index in [1.165, 1.54) is 4.90 Å². The fraction of sp³-hybridized carbons (Fsp3) is 0.905. The number of alkyl halides is 1. The zero-order valence-electron chi connectivity index (χ0n) is 17.0. The third kappa shape index (κ3) is 4.00. The van der Waals surface area contributed by atoms with Crippen LogP contribution in [0, 0.1) is 28.1 Å². The smallest absolute Gasteiger partial charge is 0.223 e. The molecule has 1 amide bonds. The molecule has 0 radical (unpaired) electrons. The quantitative estimate of drug-likeness (QED) is 0.798. The van der Waals surface area contributed by atoms with Crippen LogP contribution in [0.5, 0.6) is 0 Å². The Balaban J connectivity index is 1.58. The topological polar surface area (TPSA) is 67.6 Å². The summed E-state index contributed by atoms with van der Waals surface area (Å²) in [7, 11) is 0. The SMILES string of the molecule is CC1(C)[C@@H](CN2CC[C@@H](O)C2)CC[C@@]1(C)CCC(=O)N1C[C@@H](F)C[C@H]1C#N. The van der Waals surface area contributed by atoms with Crippen molar-refractivity contribution in [3.63, 3.8) is 0 Å². The number of rotatable bonds is 5. The van der Waals surface area contributed by atoms with Gasteiger partial charge in [0.25, 0.3) is 0 Å². The van der Waals surface area contributed by atoms with Gasteiger partial charge in [-0.1, -0.05) is 20.8 Å². The molecular formula is C21H34FN3O2. The molecule has 0 spiro atoms. The lowest BCUT2D eigenvalue weighted by Gasteiger charge is -2.43. The van der Waals surface area contributed by atoms with E-state index in [1.807, 2.05) is 0 Å². The number of amides is 1. The van der Waals surface area contributed by atoms with Gasteiger partial charge in [0.2, 0.25) is 5.91 Å². The first-order valence-electron chi connectivity index (χ1n) is 10.4. The maximum atomic E-state index is 13.6. The summed E-state index contributed by atoms with van der Waals surface area (Å²) in [6, 6.07) is 1.46. The van der Waals surface area contributed by atoms with Crippen LogP contribution in [0.25, 0.3) is 0 Å². The van der Waals surface area contributed by atoms with E-state index in [0.717, 1.165) is 45.3 Å². The van der Waals surface area contributed by atoms with Crippen LogP contribution in [0.15, 0.2) is 0 Å². The summed E-state index contributed by atoms with van der Waals surface area (Å²) in [5.41, 5.74) is 0.158. The third-order valence-corrected chi connectivity index (χ3v) is 7.96. The Labute approximate surface area is 162 Å². The van der Waals surface area contributed by atoms with Gasteiger partial charge in [0, 0.05) is 32.5 Å². The standard InChI is InChI=1S/C21H34FN3O2/c1-20(2)15(12-24-9-6-18(26)14-24)4-7-21(20,3)8-5-19(27)25-13-16(22)10-17(25)11-23/h15-18,26H,4-10,12-14H2,1-3H3/t15-,16+,17+,18-,21+/m1/s1. The lowest BCUT2D eigenvalue weighted by Crippen LogP contribution is -2.41. The van der Waals surface area contributed by atoms with Crippen LogP contribution >= 0.6 is 0 Å². The highest BCUT2D eigenvalue weighted by atomic mass is 19.1. The summed E-state index contributed by atoms with van der Waals surface area (Å²) in [6.45, 7) is 9.73. The van der Waals surface area contributed by atoms with E-state index >= 15 is 0 Å². The molecule has 3 rings (SSSR count). The first-order chi connectivity index (χ1) is 12.7. The summed E-state index contributed by atoms with van der Waals surface area (Å²) in [6.07, 6.45) is 3.15. The lowest BCUT2D eigenvalue weighted by molar-refractivity contribution is -0.132. The molecule has 2 saturated heterocycles. The number of nitriles is 1. The van der Waals surface area contributed by atoms with Crippen molar-refractivity contribution in [2.24, 2.45) is 16.7 Å². The highest BCUT2D eigenvalue weighted by Crippen LogP contribution is 2.58. The summed E-state index contributed by atoms with van der Waals surface area (Å²) >= 11 is 0. The Hall–Kier alpha value is -1.19. The molecular weight excluding hydrogens is 345 g/mol. The van der Waals surface area contributed by atoms with E-state index in [4.69, 9.17) is 0 Å². The Morgan fingerprint density at radius 2 is 2.04 bits per heavy atom. The van der Waals surface area contributed by atoms with Crippen LogP contribution in [0.3, 0.4) is 0 Å². The summed E-state index contributed by atoms with van der Waals surface area (Å²) in [5, 5.41) is 19.0. The van der Waals surface area contributed by atoms with Gasteiger partial charge in [-0.3, -0.25) is 4.79 Å². The Kier molecular flexibility index (Phi) is 5.84. The molecule has 0 aromatic heterocycles. The second kappa shape index (κ2) is 7.67. The molecule has 1 saturated carbocycles. The minimum atomic E-state index is -1.07. The van der Waals surface area contributed by atoms with Crippen molar-refractivity contribution in [2.45, 2.75) is 77.6 Å². The maximum absolute atomic E-state index is 13.6. The fourth-order valence-corrected chi connectivity index (χ4v) is 5.43. The number of hydrogen-bond acceptors (Lipinski definition) is 4. The molecule has 5 atom stereocenters. The third-order valence-electron chi connectivity index (χ3n) is 7.96. The predicted molar refractivity (Wildman–Crippen MR) is 102 cm³/mol. The van der Waals surface area contributed by atoms with E-state index in [9.17, 15) is 19.6 Å². The van der Waals surface area contributed by atoms with Crippen molar-refractivity contribution in [1.82, 2.24) is 9.80 Å². The molecule has 2 aliphatic heterocycles. The molecule has 0 bridgehead atoms. The van der Waals surface area contributed by atoms with Gasteiger partial charge in [0.15, 0.2) is 0 Å². The zero-order valence-corrected chi connectivity index (χ0v) is 17.0. The van der Waals surface area contributed by atoms with Gasteiger partial charge < -0.3 is 14.9 Å². The minimum absolute atomic E-state index is 0.0582. The van der Waals surface area contributed by atoms with E-state index in [-0.39, 0.29) is 35.8 Å². The molecule has 6 heteroatoms. The Morgan fingerprint density at radius 1 is 1.30 bits per heavy atom. The zero-order chi connectivity index (χ0) is 19.8. The number of hydrogen-bond donors (Lipinski definition) is 1. The van der Waals surface area contributed by atoms with E-state index in [1.54, 1.807) is 0 Å². The van der Waals surface area contributed by atoms with Gasteiger partial charge in [-0.15, -0.1) is 0 Å². The maximum Gasteiger partial charge on any atom is 0.223 e. The average molecular weight is 380 g/mol. The number of halogens is 1. The Bertz CT molecular complexity index is 605. The predicted octanol–water partition coefficient (Wildman–Crippen LogP) is 2.74. The van der Waals surface area contributed by atoms with Crippen molar-refractivity contribution in [3.8, 4) is 6.07 Å². The average Bonchev–Trinajstić information content (AvgIpc) is 3.26. The van der Waals surface area contributed by atoms with Crippen LogP contribution in [-0.4, -0.2) is 65.3 Å². The first-order valence-corrected chi connectivity index (χ1v) is 10.4. The van der Waals surface area contributed by atoms with E-state index < -0.39 is 12.2 Å². The summed E-state index contributed by atoms with van der Waals surface area (Å²) < 4.78 is 13.6. The second-order valence-electron chi connectivity index (χ2n) is 9.74. The van der Waals surface area contributed by atoms with Crippen LogP contribution in [-0.2, 0) is 4.79 Å². The number of aliphatic hydroxyl groups is 1. The van der Waals surface area contributed by atoms with Gasteiger partial charge in [-0.2, -0.15) is 5.26 Å². The van der Waals surface area contributed by atoms with Crippen molar-refractivity contribution < 1.29 is 14.3 Å². The van der Waals surface area contributed by atoms with Crippen molar-refractivity contribution >= 4 is 5.91 Å². The van der Waals surface area contributed by atoms with Gasteiger partial charge in [0.1, 0.15) is 12.2 Å². The molecule has 1 aliphatic carbocycles. The van der Waals surface area contributed by atoms with E-state index in [2.05, 4.69) is 31.7 Å². The van der Waals surface area contributed by atoms with Crippen molar-refractivity contribution in [1.29, 1.82) is 5.26 Å². The van der Waals surface area contributed by atoms with Crippen LogP contribution in [0.4, 0.5) is 4.39 Å². The molecule has 27 heavy (non-hydrogen) atoms. The molecule has 2 heterocycles. The summed E-state index contributed by atoms with van der Waals surface area (Å²) in [4.78, 5) is 16.5. The van der Waals surface area contributed by atoms with E-state index in [0.29, 0.717) is 12.3 Å². The van der Waals surface area contributed by atoms with Crippen molar-refractivity contribution in [3.05, 3.63) is 0 Å². The molecule has 152 valence electrons. The molecule has 0 aromatic carbocycles. The number of carbonyl (C=O) groups excluding carboxylic acids is 1. The first kappa shape index (κ1) is 20.5. The highest BCUT2D eigenvalue weighted by Gasteiger charge is 2.51. The number of β-amino-alcohol motifs (C(OH)–C–C–N with tert-alkyl or cyclic N) is 1. The molecule has 0 aromatic rings. The molecule has 3 fully saturated rings. The molecule has 0 unspecified atom stereocenters. The summed E-state index contributed by atoms with van der Waals surface area (Å²) in [5.74, 6) is 0.474. The number of carbonyl (C=O) groups is 1. The van der Waals surface area contributed by atoms with Crippen molar-refractivity contribution in [2.75, 3.05) is 26.2 Å². The molecule has 5 nitrogen and oxygen atoms in total.